The smallest absolute Gasteiger partial charge is 0.462 e. The monoisotopic (exact) mass is 1350 g/mol. The molecule has 17 nitrogen and oxygen atoms in total. The van der Waals surface area contributed by atoms with Gasteiger partial charge in [0.1, 0.15) is 19.3 Å². The van der Waals surface area contributed by atoms with Gasteiger partial charge in [-0.05, 0) is 37.5 Å². The molecule has 19 heteroatoms. The molecule has 0 fully saturated rings. The average molecular weight is 1350 g/mol. The highest BCUT2D eigenvalue weighted by atomic mass is 31.2. The van der Waals surface area contributed by atoms with Crippen LogP contribution < -0.4 is 0 Å². The fourth-order valence-electron chi connectivity index (χ4n) is 11.1. The second kappa shape index (κ2) is 65.0. The van der Waals surface area contributed by atoms with Gasteiger partial charge in [0.05, 0.1) is 26.4 Å². The summed E-state index contributed by atoms with van der Waals surface area (Å²) in [5.41, 5.74) is 0. The third kappa shape index (κ3) is 66.7. The van der Waals surface area contributed by atoms with E-state index in [-0.39, 0.29) is 25.7 Å². The van der Waals surface area contributed by atoms with Gasteiger partial charge in [-0.1, -0.05) is 324 Å². The maximum absolute atomic E-state index is 13.1. The van der Waals surface area contributed by atoms with Crippen LogP contribution >= 0.6 is 15.6 Å². The zero-order valence-corrected chi connectivity index (χ0v) is 61.6. The van der Waals surface area contributed by atoms with Crippen LogP contribution in [0.3, 0.4) is 0 Å². The van der Waals surface area contributed by atoms with E-state index in [2.05, 4.69) is 41.5 Å². The number of carbonyl (C=O) groups is 4. The number of hydrogen-bond acceptors (Lipinski definition) is 15. The van der Waals surface area contributed by atoms with Crippen molar-refractivity contribution in [2.75, 3.05) is 39.6 Å². The van der Waals surface area contributed by atoms with Gasteiger partial charge in [-0.2, -0.15) is 0 Å². The molecule has 0 heterocycles. The quantitative estimate of drug-likeness (QED) is 0.0222. The standard InChI is InChI=1S/C73H142O17P2/c1-7-9-11-13-15-17-19-21-22-23-24-25-26-27-28-30-32-34-36-45-51-57-72(77)89-68(61-83-70(75)55-49-43-35-33-31-29-20-18-16-14-12-10-8-2)63-87-91(79,80)85-59-67(74)60-86-92(81,82)88-64-69(90-73(78)58-52-46-40-38-42-48-54-66(5)6)62-84-71(76)56-50-44-39-37-41-47-53-65(3)4/h65-69,74H,7-64H2,1-6H3,(H,79,80)(H,81,82)/t67-,68-,69-/m1/s1. The van der Waals surface area contributed by atoms with Gasteiger partial charge in [-0.25, -0.2) is 9.13 Å². The van der Waals surface area contributed by atoms with Gasteiger partial charge in [0.2, 0.25) is 0 Å². The normalized spacial score (nSPS) is 14.1. The van der Waals surface area contributed by atoms with E-state index in [9.17, 15) is 43.2 Å². The van der Waals surface area contributed by atoms with Crippen LogP contribution in [-0.2, 0) is 65.4 Å². The first kappa shape index (κ1) is 90.1. The van der Waals surface area contributed by atoms with Crippen LogP contribution in [-0.4, -0.2) is 96.7 Å². The van der Waals surface area contributed by atoms with Crippen LogP contribution in [0.1, 0.15) is 375 Å². The fraction of sp³-hybridized carbons (Fsp3) is 0.945. The number of phosphoric acid groups is 2. The SMILES string of the molecule is CCCCCCCCCCCCCCCCCCCCCCCC(=O)O[C@H](COC(=O)CCCCCCCCCCCCCCC)COP(=O)(O)OC[C@@H](O)COP(=O)(O)OC[C@@H](COC(=O)CCCCCCCCC(C)C)OC(=O)CCCCCCCCC(C)C. The number of unbranched alkanes of at least 4 members (excludes halogenated alkanes) is 42. The number of aliphatic hydroxyl groups excluding tert-OH is 1. The minimum atomic E-state index is -4.95. The fourth-order valence-corrected chi connectivity index (χ4v) is 12.7. The maximum Gasteiger partial charge on any atom is 0.472 e. The van der Waals surface area contributed by atoms with E-state index < -0.39 is 97.5 Å². The Labute approximate surface area is 562 Å². The van der Waals surface area contributed by atoms with Crippen molar-refractivity contribution in [3.05, 3.63) is 0 Å². The lowest BCUT2D eigenvalue weighted by Gasteiger charge is -2.21. The lowest BCUT2D eigenvalue weighted by molar-refractivity contribution is -0.161. The van der Waals surface area contributed by atoms with Crippen LogP contribution in [0.2, 0.25) is 0 Å². The lowest BCUT2D eigenvalue weighted by atomic mass is 10.0. The first-order valence-corrected chi connectivity index (χ1v) is 41.0. The predicted octanol–water partition coefficient (Wildman–Crippen LogP) is 21.2. The molecule has 5 atom stereocenters. The molecule has 0 aliphatic carbocycles. The van der Waals surface area contributed by atoms with Gasteiger partial charge < -0.3 is 33.8 Å². The molecule has 2 unspecified atom stereocenters. The van der Waals surface area contributed by atoms with E-state index in [0.717, 1.165) is 96.3 Å². The average Bonchev–Trinajstić information content (AvgIpc) is 2.35. The number of rotatable bonds is 72. The number of carbonyl (C=O) groups excluding carboxylic acids is 4. The van der Waals surface area contributed by atoms with E-state index in [0.29, 0.717) is 37.5 Å². The van der Waals surface area contributed by atoms with E-state index in [1.54, 1.807) is 0 Å². The van der Waals surface area contributed by atoms with Crippen molar-refractivity contribution >= 4 is 39.5 Å². The Kier molecular flexibility index (Phi) is 63.7. The van der Waals surface area contributed by atoms with Crippen molar-refractivity contribution in [3.8, 4) is 0 Å². The van der Waals surface area contributed by atoms with Crippen LogP contribution in [0.5, 0.6) is 0 Å². The van der Waals surface area contributed by atoms with Gasteiger partial charge in [0.15, 0.2) is 12.2 Å². The summed E-state index contributed by atoms with van der Waals surface area (Å²) in [4.78, 5) is 72.5. The zero-order chi connectivity index (χ0) is 67.9. The summed E-state index contributed by atoms with van der Waals surface area (Å²) in [5, 5.41) is 10.6. The molecule has 0 bridgehead atoms. The van der Waals surface area contributed by atoms with Crippen molar-refractivity contribution in [1.29, 1.82) is 0 Å². The Morgan fingerprint density at radius 1 is 0.293 bits per heavy atom. The van der Waals surface area contributed by atoms with E-state index in [4.69, 9.17) is 37.0 Å². The number of aliphatic hydroxyl groups is 1. The molecule has 92 heavy (non-hydrogen) atoms. The zero-order valence-electron chi connectivity index (χ0n) is 59.9. The van der Waals surface area contributed by atoms with Crippen molar-refractivity contribution in [2.24, 2.45) is 11.8 Å². The first-order chi connectivity index (χ1) is 44.4. The van der Waals surface area contributed by atoms with Crippen molar-refractivity contribution in [3.63, 3.8) is 0 Å². The van der Waals surface area contributed by atoms with Gasteiger partial charge in [-0.15, -0.1) is 0 Å². The van der Waals surface area contributed by atoms with Crippen LogP contribution in [0.4, 0.5) is 0 Å². The minimum Gasteiger partial charge on any atom is -0.462 e. The Morgan fingerprint density at radius 3 is 0.739 bits per heavy atom. The molecule has 0 amide bonds. The first-order valence-electron chi connectivity index (χ1n) is 38.0. The molecular formula is C73H142O17P2. The molecule has 0 rings (SSSR count). The molecule has 0 aromatic heterocycles. The molecular weight excluding hydrogens is 1210 g/mol. The Balaban J connectivity index is 5.16. The van der Waals surface area contributed by atoms with Gasteiger partial charge in [-0.3, -0.25) is 37.3 Å². The number of phosphoric ester groups is 2. The van der Waals surface area contributed by atoms with E-state index >= 15 is 0 Å². The Morgan fingerprint density at radius 2 is 0.500 bits per heavy atom. The molecule has 0 saturated heterocycles. The molecule has 3 N–H and O–H groups in total. The molecule has 546 valence electrons. The van der Waals surface area contributed by atoms with Crippen LogP contribution in [0.25, 0.3) is 0 Å². The maximum atomic E-state index is 13.1. The van der Waals surface area contributed by atoms with E-state index in [1.165, 1.54) is 186 Å². The number of esters is 4. The Bertz CT molecular complexity index is 1790. The summed E-state index contributed by atoms with van der Waals surface area (Å²) >= 11 is 0. The minimum absolute atomic E-state index is 0.101. The number of ether oxygens (including phenoxy) is 4. The van der Waals surface area contributed by atoms with Crippen LogP contribution in [0, 0.1) is 11.8 Å². The highest BCUT2D eigenvalue weighted by Crippen LogP contribution is 2.45. The molecule has 0 aliphatic rings. The van der Waals surface area contributed by atoms with Gasteiger partial charge >= 0.3 is 39.5 Å². The van der Waals surface area contributed by atoms with Crippen molar-refractivity contribution in [2.45, 2.75) is 394 Å². The van der Waals surface area contributed by atoms with Gasteiger partial charge in [0.25, 0.3) is 0 Å². The summed E-state index contributed by atoms with van der Waals surface area (Å²) in [6.07, 6.45) is 51.9. The molecule has 0 aromatic carbocycles. The third-order valence-corrected chi connectivity index (χ3v) is 18.9. The molecule has 0 aromatic rings. The summed E-state index contributed by atoms with van der Waals surface area (Å²) in [7, 11) is -9.90. The van der Waals surface area contributed by atoms with Crippen LogP contribution in [0.15, 0.2) is 0 Å². The predicted molar refractivity (Wildman–Crippen MR) is 372 cm³/mol. The summed E-state index contributed by atoms with van der Waals surface area (Å²) in [6, 6.07) is 0. The second-order valence-corrected chi connectivity index (χ2v) is 30.2. The molecule has 0 aliphatic heterocycles. The molecule has 0 saturated carbocycles. The van der Waals surface area contributed by atoms with Crippen molar-refractivity contribution in [1.82, 2.24) is 0 Å². The summed E-state index contributed by atoms with van der Waals surface area (Å²) in [6.45, 7) is 9.39. The molecule has 0 spiro atoms. The highest BCUT2D eigenvalue weighted by molar-refractivity contribution is 7.47. The highest BCUT2D eigenvalue weighted by Gasteiger charge is 2.30. The molecule has 0 radical (unpaired) electrons. The summed E-state index contributed by atoms with van der Waals surface area (Å²) in [5.74, 6) is -0.779. The van der Waals surface area contributed by atoms with Gasteiger partial charge in [0, 0.05) is 25.7 Å². The van der Waals surface area contributed by atoms with Crippen molar-refractivity contribution < 1.29 is 80.2 Å². The number of hydrogen-bond donors (Lipinski definition) is 3. The lowest BCUT2D eigenvalue weighted by Crippen LogP contribution is -2.30. The second-order valence-electron chi connectivity index (χ2n) is 27.3. The summed E-state index contributed by atoms with van der Waals surface area (Å²) < 4.78 is 68.3. The Hall–Kier alpha value is -1.94. The third-order valence-electron chi connectivity index (χ3n) is 17.0. The topological polar surface area (TPSA) is 237 Å². The van der Waals surface area contributed by atoms with E-state index in [1.807, 2.05) is 0 Å². The largest absolute Gasteiger partial charge is 0.472 e.